The minimum absolute atomic E-state index is 0. The SMILES string of the molecule is Cl.O=C(C1CC2CCC1O2)N1CCNCC1c1ccccc1Cl. The second kappa shape index (κ2) is 6.98. The van der Waals surface area contributed by atoms with Gasteiger partial charge in [-0.2, -0.15) is 0 Å². The lowest BCUT2D eigenvalue weighted by molar-refractivity contribution is -0.140. The molecule has 3 aliphatic rings. The smallest absolute Gasteiger partial charge is 0.229 e. The van der Waals surface area contributed by atoms with Gasteiger partial charge in [0.2, 0.25) is 5.91 Å². The van der Waals surface area contributed by atoms with Crippen LogP contribution in [0.2, 0.25) is 5.02 Å². The molecule has 3 fully saturated rings. The van der Waals surface area contributed by atoms with Crippen molar-refractivity contribution < 1.29 is 9.53 Å². The van der Waals surface area contributed by atoms with E-state index < -0.39 is 0 Å². The van der Waals surface area contributed by atoms with E-state index in [1.165, 1.54) is 0 Å². The van der Waals surface area contributed by atoms with E-state index >= 15 is 0 Å². The Labute approximate surface area is 147 Å². The van der Waals surface area contributed by atoms with Crippen LogP contribution in [0.25, 0.3) is 0 Å². The molecule has 4 rings (SSSR count). The molecule has 0 aliphatic carbocycles. The molecule has 0 aromatic heterocycles. The zero-order valence-corrected chi connectivity index (χ0v) is 14.5. The van der Waals surface area contributed by atoms with Gasteiger partial charge in [0.05, 0.1) is 24.2 Å². The van der Waals surface area contributed by atoms with Crippen molar-refractivity contribution in [3.05, 3.63) is 34.9 Å². The molecule has 4 atom stereocenters. The minimum Gasteiger partial charge on any atom is -0.374 e. The van der Waals surface area contributed by atoms with Gasteiger partial charge in [-0.3, -0.25) is 4.79 Å². The van der Waals surface area contributed by atoms with E-state index in [2.05, 4.69) is 5.32 Å². The predicted octanol–water partition coefficient (Wildman–Crippen LogP) is 2.80. The summed E-state index contributed by atoms with van der Waals surface area (Å²) in [6.45, 7) is 2.34. The number of fused-ring (bicyclic) bond motifs is 2. The van der Waals surface area contributed by atoms with Crippen LogP contribution in [0.5, 0.6) is 0 Å². The van der Waals surface area contributed by atoms with E-state index in [0.29, 0.717) is 6.10 Å². The van der Waals surface area contributed by atoms with Crippen LogP contribution in [0.15, 0.2) is 24.3 Å². The van der Waals surface area contributed by atoms with Gasteiger partial charge in [0.25, 0.3) is 0 Å². The number of nitrogens with one attached hydrogen (secondary N) is 1. The number of carbonyl (C=O) groups excluding carboxylic acids is 1. The van der Waals surface area contributed by atoms with Crippen molar-refractivity contribution >= 4 is 29.9 Å². The number of hydrogen-bond acceptors (Lipinski definition) is 3. The average Bonchev–Trinajstić information content (AvgIpc) is 3.18. The van der Waals surface area contributed by atoms with E-state index in [1.54, 1.807) is 0 Å². The van der Waals surface area contributed by atoms with E-state index in [-0.39, 0.29) is 36.4 Å². The standard InChI is InChI=1S/C17H21ClN2O2.ClH/c18-14-4-2-1-3-12(14)15-10-19-7-8-20(15)17(21)13-9-11-5-6-16(13)22-11;/h1-4,11,13,15-16,19H,5-10H2;1H. The molecule has 6 heteroatoms. The molecular formula is C17H22Cl2N2O2. The second-order valence-corrected chi connectivity index (χ2v) is 6.90. The zero-order valence-electron chi connectivity index (χ0n) is 12.9. The summed E-state index contributed by atoms with van der Waals surface area (Å²) in [5.74, 6) is 0.292. The van der Waals surface area contributed by atoms with Crippen LogP contribution < -0.4 is 5.32 Å². The van der Waals surface area contributed by atoms with Gasteiger partial charge in [-0.1, -0.05) is 29.8 Å². The highest BCUT2D eigenvalue weighted by molar-refractivity contribution is 6.31. The second-order valence-electron chi connectivity index (χ2n) is 6.49. The largest absolute Gasteiger partial charge is 0.374 e. The topological polar surface area (TPSA) is 41.6 Å². The fraction of sp³-hybridized carbons (Fsp3) is 0.588. The Kier molecular flexibility index (Phi) is 5.16. The molecule has 1 amide bonds. The molecular weight excluding hydrogens is 335 g/mol. The number of carbonyl (C=O) groups is 1. The number of halogens is 2. The third kappa shape index (κ3) is 3.10. The third-order valence-corrected chi connectivity index (χ3v) is 5.56. The molecule has 23 heavy (non-hydrogen) atoms. The third-order valence-electron chi connectivity index (χ3n) is 5.21. The molecule has 4 unspecified atom stereocenters. The van der Waals surface area contributed by atoms with Crippen molar-refractivity contribution in [2.45, 2.75) is 37.5 Å². The first-order valence-electron chi connectivity index (χ1n) is 8.15. The molecule has 3 aliphatic heterocycles. The zero-order chi connectivity index (χ0) is 15.1. The number of hydrogen-bond donors (Lipinski definition) is 1. The maximum Gasteiger partial charge on any atom is 0.229 e. The molecule has 1 aromatic carbocycles. The fourth-order valence-corrected chi connectivity index (χ4v) is 4.36. The van der Waals surface area contributed by atoms with Gasteiger partial charge < -0.3 is 15.0 Å². The Morgan fingerprint density at radius 2 is 2.13 bits per heavy atom. The van der Waals surface area contributed by atoms with Gasteiger partial charge in [0.15, 0.2) is 0 Å². The maximum atomic E-state index is 13.1. The number of nitrogens with zero attached hydrogens (tertiary/aromatic N) is 1. The lowest BCUT2D eigenvalue weighted by atomic mass is 9.87. The molecule has 3 heterocycles. The summed E-state index contributed by atoms with van der Waals surface area (Å²) in [7, 11) is 0. The van der Waals surface area contributed by atoms with Crippen LogP contribution in [-0.2, 0) is 9.53 Å². The molecule has 3 saturated heterocycles. The van der Waals surface area contributed by atoms with Crippen molar-refractivity contribution in [2.24, 2.45) is 5.92 Å². The molecule has 1 N–H and O–H groups in total. The molecule has 4 nitrogen and oxygen atoms in total. The van der Waals surface area contributed by atoms with Crippen molar-refractivity contribution in [3.63, 3.8) is 0 Å². The Balaban J connectivity index is 0.00000156. The maximum absolute atomic E-state index is 13.1. The van der Waals surface area contributed by atoms with Crippen LogP contribution in [-0.4, -0.2) is 42.6 Å². The molecule has 1 aromatic rings. The van der Waals surface area contributed by atoms with Crippen molar-refractivity contribution in [2.75, 3.05) is 19.6 Å². The lowest BCUT2D eigenvalue weighted by Gasteiger charge is -2.39. The summed E-state index contributed by atoms with van der Waals surface area (Å²) >= 11 is 6.36. The number of benzene rings is 1. The van der Waals surface area contributed by atoms with Crippen molar-refractivity contribution in [3.8, 4) is 0 Å². The predicted molar refractivity (Wildman–Crippen MR) is 92.0 cm³/mol. The molecule has 2 bridgehead atoms. The first-order valence-corrected chi connectivity index (χ1v) is 8.53. The highest BCUT2D eigenvalue weighted by Crippen LogP contribution is 2.41. The monoisotopic (exact) mass is 356 g/mol. The normalized spacial score (nSPS) is 32.7. The first-order chi connectivity index (χ1) is 10.7. The van der Waals surface area contributed by atoms with Gasteiger partial charge in [-0.05, 0) is 30.9 Å². The van der Waals surface area contributed by atoms with Crippen LogP contribution >= 0.6 is 24.0 Å². The van der Waals surface area contributed by atoms with Gasteiger partial charge in [-0.15, -0.1) is 12.4 Å². The van der Waals surface area contributed by atoms with Crippen LogP contribution in [0.4, 0.5) is 0 Å². The Bertz CT molecular complexity index is 583. The number of amides is 1. The summed E-state index contributed by atoms with van der Waals surface area (Å²) in [6.07, 6.45) is 3.48. The Morgan fingerprint density at radius 1 is 1.30 bits per heavy atom. The van der Waals surface area contributed by atoms with E-state index in [0.717, 1.165) is 49.5 Å². The first kappa shape index (κ1) is 17.0. The van der Waals surface area contributed by atoms with Gasteiger partial charge in [-0.25, -0.2) is 0 Å². The number of piperazine rings is 1. The van der Waals surface area contributed by atoms with Gasteiger partial charge in [0.1, 0.15) is 0 Å². The quantitative estimate of drug-likeness (QED) is 0.885. The van der Waals surface area contributed by atoms with Crippen molar-refractivity contribution in [1.29, 1.82) is 0 Å². The summed E-state index contributed by atoms with van der Waals surface area (Å²) < 4.78 is 5.87. The van der Waals surface area contributed by atoms with E-state index in [9.17, 15) is 4.79 Å². The molecule has 0 saturated carbocycles. The van der Waals surface area contributed by atoms with E-state index in [4.69, 9.17) is 16.3 Å². The lowest BCUT2D eigenvalue weighted by Crippen LogP contribution is -2.51. The molecule has 0 radical (unpaired) electrons. The Hall–Kier alpha value is -0.810. The van der Waals surface area contributed by atoms with Crippen LogP contribution in [0, 0.1) is 5.92 Å². The summed E-state index contributed by atoms with van der Waals surface area (Å²) in [5, 5.41) is 4.12. The van der Waals surface area contributed by atoms with E-state index in [1.807, 2.05) is 29.2 Å². The molecule has 0 spiro atoms. The summed E-state index contributed by atoms with van der Waals surface area (Å²) in [4.78, 5) is 15.1. The van der Waals surface area contributed by atoms with Crippen LogP contribution in [0.1, 0.15) is 30.9 Å². The highest BCUT2D eigenvalue weighted by Gasteiger charge is 2.47. The molecule has 126 valence electrons. The Morgan fingerprint density at radius 3 is 2.83 bits per heavy atom. The van der Waals surface area contributed by atoms with Gasteiger partial charge >= 0.3 is 0 Å². The highest BCUT2D eigenvalue weighted by atomic mass is 35.5. The summed E-state index contributed by atoms with van der Waals surface area (Å²) in [6, 6.07) is 7.86. The van der Waals surface area contributed by atoms with Crippen molar-refractivity contribution in [1.82, 2.24) is 10.2 Å². The number of rotatable bonds is 2. The number of ether oxygens (including phenoxy) is 1. The van der Waals surface area contributed by atoms with Gasteiger partial charge in [0, 0.05) is 24.7 Å². The fourth-order valence-electron chi connectivity index (χ4n) is 4.10. The summed E-state index contributed by atoms with van der Waals surface area (Å²) in [5.41, 5.74) is 1.04. The average molecular weight is 357 g/mol. The minimum atomic E-state index is 0. The van der Waals surface area contributed by atoms with Crippen LogP contribution in [0.3, 0.4) is 0 Å².